The Morgan fingerprint density at radius 3 is 2.55 bits per heavy atom. The average Bonchev–Trinajstić information content (AvgIpc) is 2.36. The van der Waals surface area contributed by atoms with Crippen molar-refractivity contribution in [2.75, 3.05) is 30.3 Å². The third-order valence-electron chi connectivity index (χ3n) is 3.75. The van der Waals surface area contributed by atoms with Gasteiger partial charge in [-0.1, -0.05) is 20.8 Å². The summed E-state index contributed by atoms with van der Waals surface area (Å²) in [7, 11) is 0. The SMILES string of the molecule is CCCOc1cc(N2CC(C)CC(C)C2)c(N)cc1F. The monoisotopic (exact) mass is 280 g/mol. The number of nitrogens with zero attached hydrogens (tertiary/aromatic N) is 1. The van der Waals surface area contributed by atoms with Gasteiger partial charge in [-0.05, 0) is 24.7 Å². The van der Waals surface area contributed by atoms with Crippen molar-refractivity contribution >= 4 is 11.4 Å². The van der Waals surface area contributed by atoms with Crippen LogP contribution in [-0.4, -0.2) is 19.7 Å². The standard InChI is InChI=1S/C16H25FN2O/c1-4-5-20-16-8-15(14(18)7-13(16)17)19-9-11(2)6-12(3)10-19/h7-8,11-12H,4-6,9-10,18H2,1-3H3. The fraction of sp³-hybridized carbons (Fsp3) is 0.625. The van der Waals surface area contributed by atoms with Crippen molar-refractivity contribution in [1.82, 2.24) is 0 Å². The lowest BCUT2D eigenvalue weighted by atomic mass is 9.91. The smallest absolute Gasteiger partial charge is 0.167 e. The molecule has 4 heteroatoms. The van der Waals surface area contributed by atoms with E-state index in [1.807, 2.05) is 6.92 Å². The summed E-state index contributed by atoms with van der Waals surface area (Å²) in [6.07, 6.45) is 2.09. The quantitative estimate of drug-likeness (QED) is 0.855. The van der Waals surface area contributed by atoms with Crippen molar-refractivity contribution in [3.05, 3.63) is 17.9 Å². The highest BCUT2D eigenvalue weighted by atomic mass is 19.1. The van der Waals surface area contributed by atoms with Gasteiger partial charge in [0.1, 0.15) is 0 Å². The Hall–Kier alpha value is -1.45. The van der Waals surface area contributed by atoms with E-state index in [1.165, 1.54) is 12.5 Å². The molecule has 2 N–H and O–H groups in total. The molecule has 0 spiro atoms. The van der Waals surface area contributed by atoms with Crippen LogP contribution < -0.4 is 15.4 Å². The number of hydrogen-bond acceptors (Lipinski definition) is 3. The van der Waals surface area contributed by atoms with E-state index in [2.05, 4.69) is 18.7 Å². The highest BCUT2D eigenvalue weighted by molar-refractivity contribution is 5.70. The average molecular weight is 280 g/mol. The number of halogens is 1. The van der Waals surface area contributed by atoms with Crippen LogP contribution in [0.4, 0.5) is 15.8 Å². The molecule has 0 saturated carbocycles. The third-order valence-corrected chi connectivity index (χ3v) is 3.75. The molecule has 1 aliphatic rings. The molecule has 0 aliphatic carbocycles. The van der Waals surface area contributed by atoms with Gasteiger partial charge in [0, 0.05) is 25.2 Å². The molecule has 112 valence electrons. The van der Waals surface area contributed by atoms with Crippen molar-refractivity contribution in [3.63, 3.8) is 0 Å². The van der Waals surface area contributed by atoms with E-state index in [1.54, 1.807) is 6.07 Å². The number of nitrogen functional groups attached to an aromatic ring is 1. The first-order valence-corrected chi connectivity index (χ1v) is 7.48. The predicted octanol–water partition coefficient (Wildman–Crippen LogP) is 3.68. The zero-order chi connectivity index (χ0) is 14.7. The van der Waals surface area contributed by atoms with Gasteiger partial charge in [0.25, 0.3) is 0 Å². The van der Waals surface area contributed by atoms with E-state index in [0.717, 1.165) is 25.2 Å². The second-order valence-electron chi connectivity index (χ2n) is 6.04. The molecule has 1 aliphatic heterocycles. The first-order chi connectivity index (χ1) is 9.51. The molecule has 1 saturated heterocycles. The van der Waals surface area contributed by atoms with Gasteiger partial charge >= 0.3 is 0 Å². The molecule has 1 aromatic carbocycles. The number of anilines is 2. The van der Waals surface area contributed by atoms with E-state index >= 15 is 0 Å². The van der Waals surface area contributed by atoms with E-state index in [9.17, 15) is 4.39 Å². The first-order valence-electron chi connectivity index (χ1n) is 7.48. The second kappa shape index (κ2) is 6.33. The van der Waals surface area contributed by atoms with Gasteiger partial charge in [0.05, 0.1) is 18.0 Å². The van der Waals surface area contributed by atoms with Gasteiger partial charge in [-0.2, -0.15) is 0 Å². The Balaban J connectivity index is 2.25. The molecule has 0 aromatic heterocycles. The molecular weight excluding hydrogens is 255 g/mol. The number of ether oxygens (including phenoxy) is 1. The van der Waals surface area contributed by atoms with E-state index in [-0.39, 0.29) is 5.82 Å². The van der Waals surface area contributed by atoms with Crippen LogP contribution in [-0.2, 0) is 0 Å². The summed E-state index contributed by atoms with van der Waals surface area (Å²) >= 11 is 0. The van der Waals surface area contributed by atoms with Crippen molar-refractivity contribution in [2.24, 2.45) is 11.8 Å². The third kappa shape index (κ3) is 3.35. The van der Waals surface area contributed by atoms with Crippen LogP contribution >= 0.6 is 0 Å². The van der Waals surface area contributed by atoms with Gasteiger partial charge in [-0.3, -0.25) is 0 Å². The lowest BCUT2D eigenvalue weighted by Crippen LogP contribution is -2.39. The molecule has 2 atom stereocenters. The predicted molar refractivity (Wildman–Crippen MR) is 81.8 cm³/mol. The van der Waals surface area contributed by atoms with Crippen LogP contribution in [0.5, 0.6) is 5.75 Å². The Morgan fingerprint density at radius 2 is 1.95 bits per heavy atom. The maximum atomic E-state index is 13.9. The highest BCUT2D eigenvalue weighted by Gasteiger charge is 2.24. The molecular formula is C16H25FN2O. The number of piperidine rings is 1. The van der Waals surface area contributed by atoms with Crippen molar-refractivity contribution in [3.8, 4) is 5.75 Å². The Labute approximate surface area is 120 Å². The van der Waals surface area contributed by atoms with Gasteiger partial charge < -0.3 is 15.4 Å². The number of hydrogen-bond donors (Lipinski definition) is 1. The molecule has 2 unspecified atom stereocenters. The maximum absolute atomic E-state index is 13.9. The summed E-state index contributed by atoms with van der Waals surface area (Å²) in [4.78, 5) is 2.26. The highest BCUT2D eigenvalue weighted by Crippen LogP contribution is 2.34. The summed E-state index contributed by atoms with van der Waals surface area (Å²) in [5.41, 5.74) is 7.40. The summed E-state index contributed by atoms with van der Waals surface area (Å²) < 4.78 is 19.3. The zero-order valence-corrected chi connectivity index (χ0v) is 12.7. The molecule has 1 fully saturated rings. The van der Waals surface area contributed by atoms with Crippen LogP contribution in [0.1, 0.15) is 33.6 Å². The van der Waals surface area contributed by atoms with Crippen molar-refractivity contribution < 1.29 is 9.13 Å². The van der Waals surface area contributed by atoms with Gasteiger partial charge in [0.2, 0.25) is 0 Å². The number of nitrogens with two attached hydrogens (primary N) is 1. The molecule has 3 nitrogen and oxygen atoms in total. The van der Waals surface area contributed by atoms with Crippen molar-refractivity contribution in [1.29, 1.82) is 0 Å². The summed E-state index contributed by atoms with van der Waals surface area (Å²) in [6.45, 7) is 8.95. The Kier molecular flexibility index (Phi) is 4.73. The summed E-state index contributed by atoms with van der Waals surface area (Å²) in [5.74, 6) is 1.19. The Bertz CT molecular complexity index is 454. The van der Waals surface area contributed by atoms with Gasteiger partial charge in [-0.15, -0.1) is 0 Å². The van der Waals surface area contributed by atoms with E-state index in [0.29, 0.717) is 29.9 Å². The lowest BCUT2D eigenvalue weighted by molar-refractivity contribution is 0.301. The van der Waals surface area contributed by atoms with Crippen LogP contribution in [0.3, 0.4) is 0 Å². The summed E-state index contributed by atoms with van der Waals surface area (Å²) in [6, 6.07) is 3.13. The van der Waals surface area contributed by atoms with Gasteiger partial charge in [0.15, 0.2) is 11.6 Å². The fourth-order valence-electron chi connectivity index (χ4n) is 3.01. The zero-order valence-electron chi connectivity index (χ0n) is 12.7. The second-order valence-corrected chi connectivity index (χ2v) is 6.04. The van der Waals surface area contributed by atoms with Crippen LogP contribution in [0.15, 0.2) is 12.1 Å². The number of rotatable bonds is 4. The lowest BCUT2D eigenvalue weighted by Gasteiger charge is -2.37. The molecule has 1 heterocycles. The van der Waals surface area contributed by atoms with Crippen LogP contribution in [0.25, 0.3) is 0 Å². The molecule has 0 bridgehead atoms. The molecule has 1 aromatic rings. The maximum Gasteiger partial charge on any atom is 0.167 e. The Morgan fingerprint density at radius 1 is 1.30 bits per heavy atom. The minimum atomic E-state index is -0.377. The fourth-order valence-corrected chi connectivity index (χ4v) is 3.01. The van der Waals surface area contributed by atoms with Gasteiger partial charge in [-0.25, -0.2) is 4.39 Å². The summed E-state index contributed by atoms with van der Waals surface area (Å²) in [5, 5.41) is 0. The minimum Gasteiger partial charge on any atom is -0.490 e. The molecule has 0 amide bonds. The van der Waals surface area contributed by atoms with Crippen molar-refractivity contribution in [2.45, 2.75) is 33.6 Å². The van der Waals surface area contributed by atoms with E-state index in [4.69, 9.17) is 10.5 Å². The van der Waals surface area contributed by atoms with E-state index < -0.39 is 0 Å². The number of benzene rings is 1. The van der Waals surface area contributed by atoms with Crippen LogP contribution in [0, 0.1) is 17.7 Å². The molecule has 2 rings (SSSR count). The van der Waals surface area contributed by atoms with Crippen LogP contribution in [0.2, 0.25) is 0 Å². The topological polar surface area (TPSA) is 38.5 Å². The normalized spacial score (nSPS) is 22.9. The largest absolute Gasteiger partial charge is 0.490 e. The molecule has 20 heavy (non-hydrogen) atoms. The first kappa shape index (κ1) is 14.9. The minimum absolute atomic E-state index is 0.307. The molecule has 0 radical (unpaired) electrons.